The van der Waals surface area contributed by atoms with Gasteiger partial charge >= 0.3 is 0 Å². The lowest BCUT2D eigenvalue weighted by molar-refractivity contribution is 0.302. The van der Waals surface area contributed by atoms with Crippen LogP contribution >= 0.6 is 0 Å². The standard InChI is InChI=1S/C15H25NO2/c1-5-6-9-18-15-10-14(17-4)8-7-13(15)11-16-12(2)3/h7-8,10,12,16H,5-6,9,11H2,1-4H3. The minimum atomic E-state index is 0.468. The highest BCUT2D eigenvalue weighted by Crippen LogP contribution is 2.25. The van der Waals surface area contributed by atoms with Gasteiger partial charge < -0.3 is 14.8 Å². The number of methoxy groups -OCH3 is 1. The topological polar surface area (TPSA) is 30.5 Å². The molecule has 1 aromatic carbocycles. The molecule has 0 aromatic heterocycles. The summed E-state index contributed by atoms with van der Waals surface area (Å²) in [5.74, 6) is 1.77. The zero-order valence-electron chi connectivity index (χ0n) is 12.0. The molecule has 102 valence electrons. The van der Waals surface area contributed by atoms with Gasteiger partial charge in [-0.2, -0.15) is 0 Å². The van der Waals surface area contributed by atoms with Gasteiger partial charge in [0.05, 0.1) is 13.7 Å². The maximum atomic E-state index is 5.83. The van der Waals surface area contributed by atoms with Crippen LogP contribution in [0.15, 0.2) is 18.2 Å². The molecule has 3 nitrogen and oxygen atoms in total. The van der Waals surface area contributed by atoms with Crippen molar-refractivity contribution in [3.63, 3.8) is 0 Å². The molecule has 18 heavy (non-hydrogen) atoms. The zero-order valence-corrected chi connectivity index (χ0v) is 12.0. The Kier molecular flexibility index (Phi) is 6.58. The van der Waals surface area contributed by atoms with Crippen molar-refractivity contribution in [3.05, 3.63) is 23.8 Å². The number of hydrogen-bond donors (Lipinski definition) is 1. The van der Waals surface area contributed by atoms with Crippen molar-refractivity contribution < 1.29 is 9.47 Å². The van der Waals surface area contributed by atoms with Crippen molar-refractivity contribution in [1.29, 1.82) is 0 Å². The lowest BCUT2D eigenvalue weighted by Gasteiger charge is -2.14. The first kappa shape index (κ1) is 14.8. The first-order valence-corrected chi connectivity index (χ1v) is 6.70. The van der Waals surface area contributed by atoms with E-state index in [2.05, 4.69) is 32.2 Å². The number of unbranched alkanes of at least 4 members (excludes halogenated alkanes) is 1. The summed E-state index contributed by atoms with van der Waals surface area (Å²) in [6, 6.07) is 6.47. The fraction of sp³-hybridized carbons (Fsp3) is 0.600. The summed E-state index contributed by atoms with van der Waals surface area (Å²) in [5.41, 5.74) is 1.18. The molecule has 1 N–H and O–H groups in total. The first-order valence-electron chi connectivity index (χ1n) is 6.70. The van der Waals surface area contributed by atoms with Crippen molar-refractivity contribution in [2.24, 2.45) is 0 Å². The summed E-state index contributed by atoms with van der Waals surface area (Å²) in [7, 11) is 1.68. The van der Waals surface area contributed by atoms with Crippen LogP contribution in [0, 0.1) is 0 Å². The number of ether oxygens (including phenoxy) is 2. The smallest absolute Gasteiger partial charge is 0.127 e. The quantitative estimate of drug-likeness (QED) is 0.719. The fourth-order valence-electron chi connectivity index (χ4n) is 1.58. The second-order valence-electron chi connectivity index (χ2n) is 4.71. The Labute approximate surface area is 110 Å². The largest absolute Gasteiger partial charge is 0.497 e. The second-order valence-corrected chi connectivity index (χ2v) is 4.71. The molecule has 0 aliphatic heterocycles. The van der Waals surface area contributed by atoms with Crippen LogP contribution in [0.1, 0.15) is 39.2 Å². The van der Waals surface area contributed by atoms with Gasteiger partial charge in [-0.05, 0) is 12.5 Å². The van der Waals surface area contributed by atoms with E-state index in [1.165, 1.54) is 5.56 Å². The Morgan fingerprint density at radius 2 is 2.06 bits per heavy atom. The van der Waals surface area contributed by atoms with Gasteiger partial charge in [-0.25, -0.2) is 0 Å². The first-order chi connectivity index (χ1) is 8.67. The molecule has 0 aliphatic rings. The summed E-state index contributed by atoms with van der Waals surface area (Å²) in [5, 5.41) is 3.41. The van der Waals surface area contributed by atoms with E-state index in [-0.39, 0.29) is 0 Å². The summed E-state index contributed by atoms with van der Waals surface area (Å²) < 4.78 is 11.1. The van der Waals surface area contributed by atoms with Crippen molar-refractivity contribution in [2.75, 3.05) is 13.7 Å². The predicted molar refractivity (Wildman–Crippen MR) is 75.4 cm³/mol. The normalized spacial score (nSPS) is 10.7. The van der Waals surface area contributed by atoms with Gasteiger partial charge in [0.15, 0.2) is 0 Å². The minimum Gasteiger partial charge on any atom is -0.497 e. The van der Waals surface area contributed by atoms with Gasteiger partial charge in [-0.1, -0.05) is 33.3 Å². The Balaban J connectivity index is 2.72. The number of hydrogen-bond acceptors (Lipinski definition) is 3. The van der Waals surface area contributed by atoms with E-state index in [0.717, 1.165) is 37.5 Å². The molecule has 0 spiro atoms. The lowest BCUT2D eigenvalue weighted by Crippen LogP contribution is -2.22. The molecule has 0 bridgehead atoms. The number of benzene rings is 1. The van der Waals surface area contributed by atoms with Gasteiger partial charge in [0.2, 0.25) is 0 Å². The molecular formula is C15H25NO2. The highest BCUT2D eigenvalue weighted by atomic mass is 16.5. The van der Waals surface area contributed by atoms with E-state index in [0.29, 0.717) is 6.04 Å². The molecule has 0 amide bonds. The van der Waals surface area contributed by atoms with Gasteiger partial charge in [0.25, 0.3) is 0 Å². The molecule has 1 aromatic rings. The average Bonchev–Trinajstić information content (AvgIpc) is 2.37. The van der Waals surface area contributed by atoms with Gasteiger partial charge in [0, 0.05) is 24.2 Å². The van der Waals surface area contributed by atoms with Crippen LogP contribution in [0.4, 0.5) is 0 Å². The third-order valence-corrected chi connectivity index (χ3v) is 2.73. The fourth-order valence-corrected chi connectivity index (χ4v) is 1.58. The van der Waals surface area contributed by atoms with Crippen LogP contribution in [0.5, 0.6) is 11.5 Å². The third kappa shape index (κ3) is 4.96. The molecule has 0 saturated carbocycles. The molecule has 0 saturated heterocycles. The zero-order chi connectivity index (χ0) is 13.4. The number of nitrogens with one attached hydrogen (secondary N) is 1. The summed E-state index contributed by atoms with van der Waals surface area (Å²) in [6.07, 6.45) is 2.22. The highest BCUT2D eigenvalue weighted by Gasteiger charge is 2.06. The molecule has 0 radical (unpaired) electrons. The monoisotopic (exact) mass is 251 g/mol. The minimum absolute atomic E-state index is 0.468. The van der Waals surface area contributed by atoms with Crippen molar-refractivity contribution in [3.8, 4) is 11.5 Å². The van der Waals surface area contributed by atoms with Crippen LogP contribution in [-0.4, -0.2) is 19.8 Å². The van der Waals surface area contributed by atoms with Crippen LogP contribution in [0.3, 0.4) is 0 Å². The summed E-state index contributed by atoms with van der Waals surface area (Å²) >= 11 is 0. The maximum absolute atomic E-state index is 5.83. The van der Waals surface area contributed by atoms with Crippen LogP contribution in [0.2, 0.25) is 0 Å². The van der Waals surface area contributed by atoms with E-state index in [1.54, 1.807) is 7.11 Å². The van der Waals surface area contributed by atoms with Crippen LogP contribution in [0.25, 0.3) is 0 Å². The van der Waals surface area contributed by atoms with Gasteiger partial charge in [0.1, 0.15) is 11.5 Å². The molecule has 0 atom stereocenters. The Bertz CT molecular complexity index is 350. The number of rotatable bonds is 8. The van der Waals surface area contributed by atoms with E-state index in [9.17, 15) is 0 Å². The third-order valence-electron chi connectivity index (χ3n) is 2.73. The van der Waals surface area contributed by atoms with Crippen LogP contribution in [-0.2, 0) is 6.54 Å². The van der Waals surface area contributed by atoms with Crippen molar-refractivity contribution in [1.82, 2.24) is 5.32 Å². The SMILES string of the molecule is CCCCOc1cc(OC)ccc1CNC(C)C. The molecule has 0 heterocycles. The van der Waals surface area contributed by atoms with Crippen molar-refractivity contribution in [2.45, 2.75) is 46.2 Å². The second kappa shape index (κ2) is 7.98. The van der Waals surface area contributed by atoms with E-state index >= 15 is 0 Å². The summed E-state index contributed by atoms with van der Waals surface area (Å²) in [4.78, 5) is 0. The van der Waals surface area contributed by atoms with E-state index in [1.807, 2.05) is 12.1 Å². The van der Waals surface area contributed by atoms with Crippen molar-refractivity contribution >= 4 is 0 Å². The van der Waals surface area contributed by atoms with Crippen LogP contribution < -0.4 is 14.8 Å². The summed E-state index contributed by atoms with van der Waals surface area (Å²) in [6.45, 7) is 8.03. The van der Waals surface area contributed by atoms with Gasteiger partial charge in [-0.3, -0.25) is 0 Å². The Morgan fingerprint density at radius 1 is 1.28 bits per heavy atom. The van der Waals surface area contributed by atoms with E-state index < -0.39 is 0 Å². The lowest BCUT2D eigenvalue weighted by atomic mass is 10.1. The average molecular weight is 251 g/mol. The maximum Gasteiger partial charge on any atom is 0.127 e. The Morgan fingerprint density at radius 3 is 2.67 bits per heavy atom. The van der Waals surface area contributed by atoms with Gasteiger partial charge in [-0.15, -0.1) is 0 Å². The molecular weight excluding hydrogens is 226 g/mol. The molecule has 0 aliphatic carbocycles. The highest BCUT2D eigenvalue weighted by molar-refractivity contribution is 5.40. The molecule has 0 unspecified atom stereocenters. The predicted octanol–water partition coefficient (Wildman–Crippen LogP) is 3.37. The molecule has 1 rings (SSSR count). The molecule has 0 fully saturated rings. The Hall–Kier alpha value is -1.22. The molecule has 3 heteroatoms. The van der Waals surface area contributed by atoms with E-state index in [4.69, 9.17) is 9.47 Å².